The molecule has 0 aliphatic rings. The van der Waals surface area contributed by atoms with Gasteiger partial charge in [-0.05, 0) is 25.0 Å². The van der Waals surface area contributed by atoms with Crippen molar-refractivity contribution in [1.82, 2.24) is 14.5 Å². The highest BCUT2D eigenvalue weighted by Crippen LogP contribution is 2.21. The van der Waals surface area contributed by atoms with E-state index in [1.807, 2.05) is 13.8 Å². The van der Waals surface area contributed by atoms with Crippen LogP contribution in [0.15, 0.2) is 27.9 Å². The molecular weight excluding hydrogens is 358 g/mol. The van der Waals surface area contributed by atoms with Crippen LogP contribution in [0.2, 0.25) is 5.15 Å². The maximum atomic E-state index is 13.0. The molecule has 0 spiro atoms. The zero-order chi connectivity index (χ0) is 19.3. The molecule has 9 heteroatoms. The molecule has 8 nitrogen and oxygen atoms in total. The van der Waals surface area contributed by atoms with Crippen LogP contribution in [0.4, 0.5) is 11.5 Å². The fraction of sp³-hybridized carbons (Fsp3) is 0.412. The Morgan fingerprint density at radius 3 is 2.69 bits per heavy atom. The molecule has 0 aliphatic heterocycles. The Hall–Kier alpha value is -2.61. The number of H-pyrrole nitrogens is 1. The fourth-order valence-corrected chi connectivity index (χ4v) is 2.78. The number of nitrogens with one attached hydrogen (secondary N) is 1. The molecule has 0 aromatic carbocycles. The molecule has 0 aliphatic carbocycles. The quantitative estimate of drug-likeness (QED) is 0.714. The van der Waals surface area contributed by atoms with Gasteiger partial charge in [-0.3, -0.25) is 19.1 Å². The van der Waals surface area contributed by atoms with E-state index >= 15 is 0 Å². The van der Waals surface area contributed by atoms with Gasteiger partial charge in [0.2, 0.25) is 0 Å². The molecule has 0 unspecified atom stereocenters. The molecule has 26 heavy (non-hydrogen) atoms. The minimum absolute atomic E-state index is 0.0230. The average molecular weight is 380 g/mol. The first-order valence-electron chi connectivity index (χ1n) is 8.46. The fourth-order valence-electron chi connectivity index (χ4n) is 2.61. The van der Waals surface area contributed by atoms with Crippen LogP contribution in [0, 0.1) is 0 Å². The largest absolute Gasteiger partial charge is 0.383 e. The number of rotatable bonds is 7. The lowest BCUT2D eigenvalue weighted by Gasteiger charge is -2.24. The first-order valence-corrected chi connectivity index (χ1v) is 8.84. The molecule has 0 radical (unpaired) electrons. The summed E-state index contributed by atoms with van der Waals surface area (Å²) >= 11 is 5.87. The highest BCUT2D eigenvalue weighted by molar-refractivity contribution is 6.29. The molecule has 0 atom stereocenters. The number of pyridine rings is 1. The number of carbonyl (C=O) groups excluding carboxylic acids is 1. The van der Waals surface area contributed by atoms with Crippen LogP contribution in [0.3, 0.4) is 0 Å². The summed E-state index contributed by atoms with van der Waals surface area (Å²) in [6, 6.07) is 2.94. The lowest BCUT2D eigenvalue weighted by molar-refractivity contribution is 0.0986. The van der Waals surface area contributed by atoms with Gasteiger partial charge in [-0.15, -0.1) is 0 Å². The topological polar surface area (TPSA) is 114 Å². The van der Waals surface area contributed by atoms with Gasteiger partial charge >= 0.3 is 5.69 Å². The molecule has 2 heterocycles. The van der Waals surface area contributed by atoms with Crippen LogP contribution < -0.4 is 21.9 Å². The predicted octanol–water partition coefficient (Wildman–Crippen LogP) is 2.02. The molecular formula is C17H22ClN5O3. The van der Waals surface area contributed by atoms with Crippen molar-refractivity contribution in [2.24, 2.45) is 0 Å². The monoisotopic (exact) mass is 379 g/mol. The second kappa shape index (κ2) is 8.66. The second-order valence-corrected chi connectivity index (χ2v) is 6.21. The van der Waals surface area contributed by atoms with Crippen molar-refractivity contribution in [3.05, 3.63) is 49.9 Å². The van der Waals surface area contributed by atoms with Gasteiger partial charge in [0.15, 0.2) is 5.69 Å². The third-order valence-corrected chi connectivity index (χ3v) is 4.09. The highest BCUT2D eigenvalue weighted by atomic mass is 35.5. The molecule has 2 aromatic rings. The summed E-state index contributed by atoms with van der Waals surface area (Å²) < 4.78 is 1.27. The maximum Gasteiger partial charge on any atom is 0.330 e. The number of aromatic nitrogens is 3. The molecule has 0 bridgehead atoms. The van der Waals surface area contributed by atoms with E-state index in [4.69, 9.17) is 17.3 Å². The van der Waals surface area contributed by atoms with Gasteiger partial charge in [0.05, 0.1) is 0 Å². The SMILES string of the molecule is CCCCN(C(=O)c1ccnc(Cl)c1)c1c(N)n(CCC)c(=O)[nH]c1=O. The Bertz CT molecular complexity index is 906. The van der Waals surface area contributed by atoms with Crippen LogP contribution in [-0.4, -0.2) is 27.0 Å². The first kappa shape index (κ1) is 19.7. The van der Waals surface area contributed by atoms with E-state index < -0.39 is 17.2 Å². The number of halogens is 1. The number of nitrogen functional groups attached to an aromatic ring is 1. The molecule has 0 fully saturated rings. The van der Waals surface area contributed by atoms with Crippen LogP contribution in [0.1, 0.15) is 43.5 Å². The summed E-state index contributed by atoms with van der Waals surface area (Å²) in [6.07, 6.45) is 3.54. The van der Waals surface area contributed by atoms with Crippen molar-refractivity contribution >= 4 is 29.0 Å². The van der Waals surface area contributed by atoms with Crippen molar-refractivity contribution in [3.63, 3.8) is 0 Å². The number of anilines is 2. The number of nitrogens with two attached hydrogens (primary N) is 1. The zero-order valence-corrected chi connectivity index (χ0v) is 15.5. The predicted molar refractivity (Wildman–Crippen MR) is 102 cm³/mol. The Morgan fingerprint density at radius 1 is 1.35 bits per heavy atom. The third-order valence-electron chi connectivity index (χ3n) is 3.89. The minimum atomic E-state index is -0.690. The van der Waals surface area contributed by atoms with Crippen LogP contribution in [0.5, 0.6) is 0 Å². The normalized spacial score (nSPS) is 10.7. The second-order valence-electron chi connectivity index (χ2n) is 5.82. The van der Waals surface area contributed by atoms with Crippen molar-refractivity contribution in [2.75, 3.05) is 17.2 Å². The summed E-state index contributed by atoms with van der Waals surface area (Å²) in [5.74, 6) is -0.452. The molecule has 0 saturated carbocycles. The van der Waals surface area contributed by atoms with Gasteiger partial charge in [0.25, 0.3) is 11.5 Å². The van der Waals surface area contributed by atoms with E-state index in [2.05, 4.69) is 9.97 Å². The van der Waals surface area contributed by atoms with Gasteiger partial charge in [-0.25, -0.2) is 9.78 Å². The summed E-state index contributed by atoms with van der Waals surface area (Å²) in [5, 5.41) is 0.170. The third kappa shape index (κ3) is 4.13. The number of aromatic amines is 1. The summed E-state index contributed by atoms with van der Waals surface area (Å²) in [7, 11) is 0. The van der Waals surface area contributed by atoms with E-state index in [1.165, 1.54) is 27.8 Å². The van der Waals surface area contributed by atoms with Gasteiger partial charge < -0.3 is 10.6 Å². The number of hydrogen-bond donors (Lipinski definition) is 2. The Kier molecular flexibility index (Phi) is 6.57. The molecule has 1 amide bonds. The zero-order valence-electron chi connectivity index (χ0n) is 14.8. The van der Waals surface area contributed by atoms with Crippen LogP contribution in [0.25, 0.3) is 0 Å². The van der Waals surface area contributed by atoms with E-state index in [-0.39, 0.29) is 28.8 Å². The Morgan fingerprint density at radius 2 is 2.08 bits per heavy atom. The van der Waals surface area contributed by atoms with E-state index in [0.717, 1.165) is 6.42 Å². The molecule has 140 valence electrons. The maximum absolute atomic E-state index is 13.0. The van der Waals surface area contributed by atoms with Crippen molar-refractivity contribution in [3.8, 4) is 0 Å². The standard InChI is InChI=1S/C17H22ClN5O3/c1-3-5-9-22(16(25)11-6-7-20-12(18)10-11)13-14(19)23(8-4-2)17(26)21-15(13)24/h6-7,10H,3-5,8-9,19H2,1-2H3,(H,21,24,26). The molecule has 0 saturated heterocycles. The first-order chi connectivity index (χ1) is 12.4. The summed E-state index contributed by atoms with van der Waals surface area (Å²) in [6.45, 7) is 4.48. The molecule has 2 aromatic heterocycles. The summed E-state index contributed by atoms with van der Waals surface area (Å²) in [4.78, 5) is 44.9. The lowest BCUT2D eigenvalue weighted by atomic mass is 10.2. The smallest absolute Gasteiger partial charge is 0.330 e. The Labute approximate surface area is 155 Å². The van der Waals surface area contributed by atoms with Gasteiger partial charge in [-0.1, -0.05) is 31.9 Å². The van der Waals surface area contributed by atoms with Crippen molar-refractivity contribution in [2.45, 2.75) is 39.7 Å². The van der Waals surface area contributed by atoms with Crippen molar-refractivity contribution < 1.29 is 4.79 Å². The van der Waals surface area contributed by atoms with Crippen LogP contribution in [-0.2, 0) is 6.54 Å². The average Bonchev–Trinajstić information content (AvgIpc) is 2.60. The number of unbranched alkanes of at least 4 members (excludes halogenated alkanes) is 1. The Balaban J connectivity index is 2.60. The van der Waals surface area contributed by atoms with Gasteiger partial charge in [0, 0.05) is 24.8 Å². The summed E-state index contributed by atoms with van der Waals surface area (Å²) in [5.41, 5.74) is 5.08. The number of amides is 1. The van der Waals surface area contributed by atoms with Gasteiger partial charge in [0.1, 0.15) is 11.0 Å². The van der Waals surface area contributed by atoms with Gasteiger partial charge in [-0.2, -0.15) is 0 Å². The van der Waals surface area contributed by atoms with E-state index in [0.29, 0.717) is 19.4 Å². The molecule has 3 N–H and O–H groups in total. The van der Waals surface area contributed by atoms with Crippen LogP contribution >= 0.6 is 11.6 Å². The highest BCUT2D eigenvalue weighted by Gasteiger charge is 2.25. The number of hydrogen-bond acceptors (Lipinski definition) is 5. The molecule has 2 rings (SSSR count). The number of nitrogens with zero attached hydrogens (tertiary/aromatic N) is 3. The lowest BCUT2D eigenvalue weighted by Crippen LogP contribution is -2.41. The van der Waals surface area contributed by atoms with E-state index in [9.17, 15) is 14.4 Å². The number of carbonyl (C=O) groups is 1. The minimum Gasteiger partial charge on any atom is -0.383 e. The van der Waals surface area contributed by atoms with Crippen molar-refractivity contribution in [1.29, 1.82) is 0 Å². The van der Waals surface area contributed by atoms with E-state index in [1.54, 1.807) is 0 Å².